The predicted molar refractivity (Wildman–Crippen MR) is 137 cm³/mol. The molecule has 3 aromatic rings. The molecular weight excluding hydrogens is 444 g/mol. The number of nitrogens with zero attached hydrogens (tertiary/aromatic N) is 1. The van der Waals surface area contributed by atoms with Gasteiger partial charge in [0.25, 0.3) is 0 Å². The van der Waals surface area contributed by atoms with E-state index < -0.39 is 0 Å². The van der Waals surface area contributed by atoms with Crippen molar-refractivity contribution in [2.24, 2.45) is 0 Å². The number of carbonyl (C=O) groups is 2. The van der Waals surface area contributed by atoms with E-state index in [0.717, 1.165) is 42.4 Å². The highest BCUT2D eigenvalue weighted by Crippen LogP contribution is 2.37. The number of methoxy groups -OCH3 is 1. The minimum Gasteiger partial charge on any atom is -0.465 e. The molecule has 0 atom stereocenters. The highest BCUT2D eigenvalue weighted by Gasteiger charge is 2.26. The van der Waals surface area contributed by atoms with Gasteiger partial charge in [-0.1, -0.05) is 73.5 Å². The van der Waals surface area contributed by atoms with Crippen molar-refractivity contribution in [3.8, 4) is 0 Å². The largest absolute Gasteiger partial charge is 0.465 e. The van der Waals surface area contributed by atoms with E-state index in [4.69, 9.17) is 4.74 Å². The summed E-state index contributed by atoms with van der Waals surface area (Å²) in [6.45, 7) is 1.55. The maximum atomic E-state index is 13.2. The second-order valence-corrected chi connectivity index (χ2v) is 9.88. The van der Waals surface area contributed by atoms with Crippen molar-refractivity contribution in [1.29, 1.82) is 0 Å². The molecule has 4 rings (SSSR count). The summed E-state index contributed by atoms with van der Waals surface area (Å²) in [7, 11) is 1.41. The Labute approximate surface area is 205 Å². The van der Waals surface area contributed by atoms with Crippen LogP contribution in [0.1, 0.15) is 57.6 Å². The van der Waals surface area contributed by atoms with E-state index in [1.807, 2.05) is 36.4 Å². The molecule has 0 saturated heterocycles. The predicted octanol–water partition coefficient (Wildman–Crippen LogP) is 5.83. The Bertz CT molecular complexity index is 1050. The molecule has 1 N–H and O–H groups in total. The number of nitrogens with one attached hydrogen (secondary N) is 1. The lowest BCUT2D eigenvalue weighted by Gasteiger charge is -2.22. The third kappa shape index (κ3) is 6.33. The first-order chi connectivity index (χ1) is 16.6. The van der Waals surface area contributed by atoms with Gasteiger partial charge in [-0.25, -0.2) is 4.79 Å². The lowest BCUT2D eigenvalue weighted by atomic mass is 9.96. The molecule has 0 fully saturated rings. The van der Waals surface area contributed by atoms with Crippen LogP contribution in [0.15, 0.2) is 60.7 Å². The fourth-order valence-corrected chi connectivity index (χ4v) is 5.84. The molecule has 0 radical (unpaired) electrons. The summed E-state index contributed by atoms with van der Waals surface area (Å²) in [5, 5.41) is 3.69. The van der Waals surface area contributed by atoms with E-state index in [2.05, 4.69) is 34.5 Å². The van der Waals surface area contributed by atoms with Crippen molar-refractivity contribution in [1.82, 2.24) is 4.90 Å². The number of amides is 1. The average molecular weight is 477 g/mol. The van der Waals surface area contributed by atoms with Crippen LogP contribution >= 0.6 is 11.3 Å². The summed E-state index contributed by atoms with van der Waals surface area (Å²) in [6, 6.07) is 20.3. The first-order valence-electron chi connectivity index (χ1n) is 12.0. The summed E-state index contributed by atoms with van der Waals surface area (Å²) < 4.78 is 5.10. The molecule has 0 bridgehead atoms. The molecule has 0 aliphatic heterocycles. The second-order valence-electron chi connectivity index (χ2n) is 8.78. The smallest absolute Gasteiger partial charge is 0.341 e. The Morgan fingerprint density at radius 3 is 2.06 bits per heavy atom. The van der Waals surface area contributed by atoms with Crippen LogP contribution in [0.25, 0.3) is 0 Å². The molecule has 0 spiro atoms. The zero-order chi connectivity index (χ0) is 23.8. The van der Waals surface area contributed by atoms with Crippen LogP contribution in [0.4, 0.5) is 5.00 Å². The van der Waals surface area contributed by atoms with Crippen LogP contribution in [-0.2, 0) is 35.5 Å². The standard InChI is InChI=1S/C28H32N2O3S/c1-33-28(32)26-23-16-10-2-3-11-17-24(23)34-27(26)29-25(31)20-30(18-21-12-6-4-7-13-21)19-22-14-8-5-9-15-22/h4-9,12-15H,2-3,10-11,16-20H2,1H3,(H,29,31). The van der Waals surface area contributed by atoms with E-state index in [0.29, 0.717) is 23.7 Å². The van der Waals surface area contributed by atoms with Gasteiger partial charge in [0.15, 0.2) is 0 Å². The lowest BCUT2D eigenvalue weighted by molar-refractivity contribution is -0.117. The van der Waals surface area contributed by atoms with E-state index in [1.54, 1.807) is 11.3 Å². The third-order valence-electron chi connectivity index (χ3n) is 6.18. The molecule has 1 aromatic heterocycles. The van der Waals surface area contributed by atoms with Gasteiger partial charge >= 0.3 is 5.97 Å². The zero-order valence-electron chi connectivity index (χ0n) is 19.7. The number of esters is 1. The van der Waals surface area contributed by atoms with Gasteiger partial charge in [0, 0.05) is 18.0 Å². The minimum absolute atomic E-state index is 0.119. The fraction of sp³-hybridized carbons (Fsp3) is 0.357. The number of hydrogen-bond acceptors (Lipinski definition) is 5. The molecule has 2 aromatic carbocycles. The van der Waals surface area contributed by atoms with Gasteiger partial charge in [-0.2, -0.15) is 0 Å². The van der Waals surface area contributed by atoms with Crippen molar-refractivity contribution in [2.45, 2.75) is 51.6 Å². The Balaban J connectivity index is 1.53. The van der Waals surface area contributed by atoms with Gasteiger partial charge in [-0.05, 0) is 42.4 Å². The van der Waals surface area contributed by atoms with Gasteiger partial charge < -0.3 is 10.1 Å². The number of carbonyl (C=O) groups excluding carboxylic acids is 2. The van der Waals surface area contributed by atoms with Crippen LogP contribution in [0.3, 0.4) is 0 Å². The maximum Gasteiger partial charge on any atom is 0.341 e. The Morgan fingerprint density at radius 2 is 1.47 bits per heavy atom. The molecule has 1 heterocycles. The molecule has 0 saturated carbocycles. The molecular formula is C28H32N2O3S. The highest BCUT2D eigenvalue weighted by molar-refractivity contribution is 7.17. The van der Waals surface area contributed by atoms with Crippen molar-refractivity contribution < 1.29 is 14.3 Å². The topological polar surface area (TPSA) is 58.6 Å². The van der Waals surface area contributed by atoms with E-state index >= 15 is 0 Å². The number of thiophene rings is 1. The number of hydrogen-bond donors (Lipinski definition) is 1. The molecule has 0 unspecified atom stereocenters. The van der Waals surface area contributed by atoms with Gasteiger partial charge in [0.2, 0.25) is 5.91 Å². The van der Waals surface area contributed by atoms with Crippen molar-refractivity contribution >= 4 is 28.2 Å². The molecule has 178 valence electrons. The quantitative estimate of drug-likeness (QED) is 0.415. The monoisotopic (exact) mass is 476 g/mol. The summed E-state index contributed by atoms with van der Waals surface area (Å²) in [5.41, 5.74) is 3.92. The lowest BCUT2D eigenvalue weighted by Crippen LogP contribution is -2.32. The Hall–Kier alpha value is -2.96. The summed E-state index contributed by atoms with van der Waals surface area (Å²) in [5.74, 6) is -0.481. The minimum atomic E-state index is -0.362. The van der Waals surface area contributed by atoms with Crippen LogP contribution in [0.5, 0.6) is 0 Å². The molecule has 5 nitrogen and oxygen atoms in total. The molecule has 1 aliphatic carbocycles. The number of ether oxygens (including phenoxy) is 1. The SMILES string of the molecule is COC(=O)c1c(NC(=O)CN(Cc2ccccc2)Cc2ccccc2)sc2c1CCCCCC2. The molecule has 34 heavy (non-hydrogen) atoms. The second kappa shape index (κ2) is 12.0. The van der Waals surface area contributed by atoms with Gasteiger partial charge in [0.05, 0.1) is 19.2 Å². The van der Waals surface area contributed by atoms with Crippen LogP contribution in [0, 0.1) is 0 Å². The van der Waals surface area contributed by atoms with Gasteiger partial charge in [0.1, 0.15) is 5.00 Å². The van der Waals surface area contributed by atoms with Crippen molar-refractivity contribution in [3.05, 3.63) is 87.8 Å². The van der Waals surface area contributed by atoms with E-state index in [-0.39, 0.29) is 18.4 Å². The number of rotatable bonds is 8. The van der Waals surface area contributed by atoms with Gasteiger partial charge in [-0.15, -0.1) is 11.3 Å². The maximum absolute atomic E-state index is 13.2. The third-order valence-corrected chi connectivity index (χ3v) is 7.39. The normalized spacial score (nSPS) is 13.6. The Morgan fingerprint density at radius 1 is 0.882 bits per heavy atom. The first kappa shape index (κ1) is 24.2. The first-order valence-corrected chi connectivity index (χ1v) is 12.8. The van der Waals surface area contributed by atoms with Crippen molar-refractivity contribution in [2.75, 3.05) is 19.0 Å². The Kier molecular flexibility index (Phi) is 8.50. The van der Waals surface area contributed by atoms with Crippen LogP contribution in [0.2, 0.25) is 0 Å². The number of aryl methyl sites for hydroxylation is 1. The molecule has 1 amide bonds. The highest BCUT2D eigenvalue weighted by atomic mass is 32.1. The average Bonchev–Trinajstić information content (AvgIpc) is 3.15. The number of anilines is 1. The number of benzene rings is 2. The van der Waals surface area contributed by atoms with E-state index in [1.165, 1.54) is 24.8 Å². The summed E-state index contributed by atoms with van der Waals surface area (Å²) >= 11 is 1.54. The summed E-state index contributed by atoms with van der Waals surface area (Å²) in [4.78, 5) is 29.2. The van der Waals surface area contributed by atoms with E-state index in [9.17, 15) is 9.59 Å². The molecule has 6 heteroatoms. The van der Waals surface area contributed by atoms with Crippen LogP contribution < -0.4 is 5.32 Å². The molecule has 1 aliphatic rings. The van der Waals surface area contributed by atoms with Crippen molar-refractivity contribution in [3.63, 3.8) is 0 Å². The fourth-order valence-electron chi connectivity index (χ4n) is 4.55. The number of fused-ring (bicyclic) bond motifs is 1. The summed E-state index contributed by atoms with van der Waals surface area (Å²) in [6.07, 6.45) is 6.37. The zero-order valence-corrected chi connectivity index (χ0v) is 20.5. The van der Waals surface area contributed by atoms with Crippen LogP contribution in [-0.4, -0.2) is 30.4 Å². The van der Waals surface area contributed by atoms with Gasteiger partial charge in [-0.3, -0.25) is 9.69 Å².